The van der Waals surface area contributed by atoms with Crippen molar-refractivity contribution in [2.75, 3.05) is 13.6 Å². The number of aromatic nitrogens is 2. The number of nitrogens with one attached hydrogen (secondary N) is 1. The second-order valence-electron chi connectivity index (χ2n) is 3.59. The van der Waals surface area contributed by atoms with Gasteiger partial charge in [-0.05, 0) is 19.2 Å². The van der Waals surface area contributed by atoms with Crippen molar-refractivity contribution in [3.05, 3.63) is 29.7 Å². The van der Waals surface area contributed by atoms with Gasteiger partial charge in [0.15, 0.2) is 0 Å². The fourth-order valence-electron chi connectivity index (χ4n) is 1.77. The molecule has 1 N–H and O–H groups in total. The summed E-state index contributed by atoms with van der Waals surface area (Å²) in [5.41, 5.74) is 1.86. The van der Waals surface area contributed by atoms with Crippen LogP contribution in [0.5, 0.6) is 0 Å². The molecule has 0 spiro atoms. The highest BCUT2D eigenvalue weighted by molar-refractivity contribution is 5.81. The molecule has 3 nitrogen and oxygen atoms in total. The van der Waals surface area contributed by atoms with E-state index in [2.05, 4.69) is 10.4 Å². The SMILES string of the molecule is CNCCc1c2ccc(F)cc2nn1C. The summed E-state index contributed by atoms with van der Waals surface area (Å²) in [5.74, 6) is -0.235. The third-order valence-corrected chi connectivity index (χ3v) is 2.53. The van der Waals surface area contributed by atoms with Crippen molar-refractivity contribution in [1.82, 2.24) is 15.1 Å². The average molecular weight is 207 g/mol. The molecule has 0 amide bonds. The van der Waals surface area contributed by atoms with Gasteiger partial charge in [-0.15, -0.1) is 0 Å². The highest BCUT2D eigenvalue weighted by Crippen LogP contribution is 2.18. The van der Waals surface area contributed by atoms with Crippen molar-refractivity contribution in [1.29, 1.82) is 0 Å². The molecule has 0 atom stereocenters. The van der Waals surface area contributed by atoms with Gasteiger partial charge in [-0.1, -0.05) is 0 Å². The minimum absolute atomic E-state index is 0.235. The van der Waals surface area contributed by atoms with Gasteiger partial charge in [0.2, 0.25) is 0 Å². The minimum atomic E-state index is -0.235. The summed E-state index contributed by atoms with van der Waals surface area (Å²) in [6, 6.07) is 4.74. The standard InChI is InChI=1S/C11H14FN3/c1-13-6-5-11-9-4-3-8(12)7-10(9)14-15(11)2/h3-4,7,13H,5-6H2,1-2H3. The Labute approximate surface area is 87.9 Å². The largest absolute Gasteiger partial charge is 0.319 e. The number of nitrogens with zero attached hydrogens (tertiary/aromatic N) is 2. The van der Waals surface area contributed by atoms with Crippen LogP contribution in [0, 0.1) is 5.82 Å². The Bertz CT molecular complexity index is 476. The van der Waals surface area contributed by atoms with Crippen molar-refractivity contribution >= 4 is 10.9 Å². The summed E-state index contributed by atoms with van der Waals surface area (Å²) in [5, 5.41) is 8.41. The van der Waals surface area contributed by atoms with E-state index in [-0.39, 0.29) is 5.82 Å². The van der Waals surface area contributed by atoms with Crippen molar-refractivity contribution < 1.29 is 4.39 Å². The molecular weight excluding hydrogens is 193 g/mol. The molecule has 0 aliphatic heterocycles. The number of benzene rings is 1. The topological polar surface area (TPSA) is 29.9 Å². The predicted octanol–water partition coefficient (Wildman–Crippen LogP) is 1.47. The van der Waals surface area contributed by atoms with Crippen LogP contribution in [0.25, 0.3) is 10.9 Å². The van der Waals surface area contributed by atoms with E-state index >= 15 is 0 Å². The molecule has 0 aliphatic carbocycles. The van der Waals surface area contributed by atoms with Gasteiger partial charge in [0, 0.05) is 37.2 Å². The lowest BCUT2D eigenvalue weighted by atomic mass is 10.1. The molecule has 2 rings (SSSR count). The van der Waals surface area contributed by atoms with Crippen LogP contribution >= 0.6 is 0 Å². The second kappa shape index (κ2) is 3.98. The highest BCUT2D eigenvalue weighted by atomic mass is 19.1. The fraction of sp³-hybridized carbons (Fsp3) is 0.364. The molecule has 0 saturated carbocycles. The summed E-state index contributed by atoms with van der Waals surface area (Å²) in [6.45, 7) is 0.895. The van der Waals surface area contributed by atoms with E-state index in [1.165, 1.54) is 12.1 Å². The molecule has 15 heavy (non-hydrogen) atoms. The van der Waals surface area contributed by atoms with E-state index in [0.717, 1.165) is 29.6 Å². The molecular formula is C11H14FN3. The Hall–Kier alpha value is -1.42. The number of hydrogen-bond acceptors (Lipinski definition) is 2. The second-order valence-corrected chi connectivity index (χ2v) is 3.59. The lowest BCUT2D eigenvalue weighted by molar-refractivity contribution is 0.629. The zero-order chi connectivity index (χ0) is 10.8. The maximum absolute atomic E-state index is 13.0. The first-order valence-electron chi connectivity index (χ1n) is 4.98. The molecule has 1 aromatic carbocycles. The Morgan fingerprint density at radius 2 is 2.27 bits per heavy atom. The Morgan fingerprint density at radius 1 is 1.47 bits per heavy atom. The molecule has 2 aromatic rings. The van der Waals surface area contributed by atoms with E-state index in [1.54, 1.807) is 6.07 Å². The molecule has 1 aromatic heterocycles. The van der Waals surface area contributed by atoms with E-state index in [1.807, 2.05) is 18.8 Å². The normalized spacial score (nSPS) is 11.1. The minimum Gasteiger partial charge on any atom is -0.319 e. The summed E-state index contributed by atoms with van der Waals surface area (Å²) < 4.78 is 14.8. The van der Waals surface area contributed by atoms with E-state index < -0.39 is 0 Å². The average Bonchev–Trinajstić information content (AvgIpc) is 2.50. The summed E-state index contributed by atoms with van der Waals surface area (Å²) >= 11 is 0. The van der Waals surface area contributed by atoms with Gasteiger partial charge < -0.3 is 5.32 Å². The highest BCUT2D eigenvalue weighted by Gasteiger charge is 2.08. The smallest absolute Gasteiger partial charge is 0.125 e. The zero-order valence-electron chi connectivity index (χ0n) is 8.92. The van der Waals surface area contributed by atoms with Gasteiger partial charge in [-0.3, -0.25) is 4.68 Å². The number of halogens is 1. The number of aryl methyl sites for hydroxylation is 1. The molecule has 0 fully saturated rings. The molecule has 0 unspecified atom stereocenters. The Balaban J connectivity index is 2.48. The molecule has 0 aliphatic rings. The molecule has 0 saturated heterocycles. The van der Waals surface area contributed by atoms with Crippen molar-refractivity contribution in [2.45, 2.75) is 6.42 Å². The molecule has 1 heterocycles. The van der Waals surface area contributed by atoms with Gasteiger partial charge in [-0.25, -0.2) is 4.39 Å². The quantitative estimate of drug-likeness (QED) is 0.826. The maximum atomic E-state index is 13.0. The van der Waals surface area contributed by atoms with E-state index in [4.69, 9.17) is 0 Å². The van der Waals surface area contributed by atoms with Crippen LogP contribution in [0.1, 0.15) is 5.69 Å². The van der Waals surface area contributed by atoms with Gasteiger partial charge >= 0.3 is 0 Å². The number of fused-ring (bicyclic) bond motifs is 1. The first-order chi connectivity index (χ1) is 7.22. The van der Waals surface area contributed by atoms with Gasteiger partial charge in [-0.2, -0.15) is 5.10 Å². The third kappa shape index (κ3) is 1.85. The molecule has 0 radical (unpaired) electrons. The van der Waals surface area contributed by atoms with Crippen molar-refractivity contribution in [2.24, 2.45) is 7.05 Å². The first-order valence-corrected chi connectivity index (χ1v) is 4.98. The molecule has 4 heteroatoms. The lowest BCUT2D eigenvalue weighted by Gasteiger charge is -2.01. The summed E-state index contributed by atoms with van der Waals surface area (Å²) in [4.78, 5) is 0. The van der Waals surface area contributed by atoms with Crippen LogP contribution in [0.2, 0.25) is 0 Å². The third-order valence-electron chi connectivity index (χ3n) is 2.53. The van der Waals surface area contributed by atoms with Crippen molar-refractivity contribution in [3.8, 4) is 0 Å². The summed E-state index contributed by atoms with van der Waals surface area (Å²) in [6.07, 6.45) is 0.898. The molecule has 0 bridgehead atoms. The van der Waals surface area contributed by atoms with Crippen LogP contribution in [0.4, 0.5) is 4.39 Å². The Kier molecular flexibility index (Phi) is 2.68. The predicted molar refractivity (Wildman–Crippen MR) is 58.3 cm³/mol. The van der Waals surface area contributed by atoms with Gasteiger partial charge in [0.05, 0.1) is 5.52 Å². The van der Waals surface area contributed by atoms with E-state index in [9.17, 15) is 4.39 Å². The first kappa shape index (κ1) is 10.1. The zero-order valence-corrected chi connectivity index (χ0v) is 8.92. The molecule has 80 valence electrons. The monoisotopic (exact) mass is 207 g/mol. The number of hydrogen-bond donors (Lipinski definition) is 1. The number of rotatable bonds is 3. The van der Waals surface area contributed by atoms with E-state index in [0.29, 0.717) is 0 Å². The fourth-order valence-corrected chi connectivity index (χ4v) is 1.77. The maximum Gasteiger partial charge on any atom is 0.125 e. The number of likely N-dealkylation sites (N-methyl/N-ethyl adjacent to an activating group) is 1. The van der Waals surface area contributed by atoms with Crippen LogP contribution in [-0.4, -0.2) is 23.4 Å². The van der Waals surface area contributed by atoms with Gasteiger partial charge in [0.25, 0.3) is 0 Å². The summed E-state index contributed by atoms with van der Waals surface area (Å²) in [7, 11) is 3.81. The van der Waals surface area contributed by atoms with Crippen LogP contribution < -0.4 is 5.32 Å². The van der Waals surface area contributed by atoms with Crippen LogP contribution in [0.3, 0.4) is 0 Å². The Morgan fingerprint density at radius 3 is 3.00 bits per heavy atom. The van der Waals surface area contributed by atoms with Crippen molar-refractivity contribution in [3.63, 3.8) is 0 Å². The lowest BCUT2D eigenvalue weighted by Crippen LogP contribution is -2.12. The van der Waals surface area contributed by atoms with Crippen LogP contribution in [-0.2, 0) is 13.5 Å². The van der Waals surface area contributed by atoms with Gasteiger partial charge in [0.1, 0.15) is 5.82 Å². The van der Waals surface area contributed by atoms with Crippen LogP contribution in [0.15, 0.2) is 18.2 Å².